The summed E-state index contributed by atoms with van der Waals surface area (Å²) in [6.45, 7) is 5.63. The summed E-state index contributed by atoms with van der Waals surface area (Å²) in [5.41, 5.74) is 3.89. The summed E-state index contributed by atoms with van der Waals surface area (Å²) in [7, 11) is 0. The number of carbonyl (C=O) groups is 2. The van der Waals surface area contributed by atoms with Crippen LogP contribution in [0, 0.1) is 31.6 Å². The molecule has 5 nitrogen and oxygen atoms in total. The lowest BCUT2D eigenvalue weighted by Crippen LogP contribution is -2.30. The summed E-state index contributed by atoms with van der Waals surface area (Å²) >= 11 is 0. The molecule has 2 heterocycles. The number of nitrogens with zero attached hydrogens (tertiary/aromatic N) is 2. The largest absolute Gasteiger partial charge is 0.481 e. The Hall–Kier alpha value is -2.56. The highest BCUT2D eigenvalue weighted by Gasteiger charge is 2.47. The minimum Gasteiger partial charge on any atom is -0.481 e. The topological polar surface area (TPSA) is 62.5 Å². The van der Waals surface area contributed by atoms with Crippen LogP contribution in [0.1, 0.15) is 40.2 Å². The third-order valence-corrected chi connectivity index (χ3v) is 6.18. The van der Waals surface area contributed by atoms with Crippen molar-refractivity contribution >= 4 is 11.9 Å². The summed E-state index contributed by atoms with van der Waals surface area (Å²) in [5, 5.41) is 9.56. The minimum absolute atomic E-state index is 0.0307. The number of likely N-dealkylation sites (tertiary alicyclic amines) is 1. The molecule has 0 bridgehead atoms. The second kappa shape index (κ2) is 6.87. The molecule has 27 heavy (non-hydrogen) atoms. The zero-order chi connectivity index (χ0) is 19.1. The average molecular weight is 366 g/mol. The molecular formula is C22H26N2O3. The van der Waals surface area contributed by atoms with Gasteiger partial charge in [-0.25, -0.2) is 0 Å². The van der Waals surface area contributed by atoms with Crippen LogP contribution in [-0.2, 0) is 11.3 Å². The first-order valence-corrected chi connectivity index (χ1v) is 9.68. The van der Waals surface area contributed by atoms with Gasteiger partial charge in [-0.05, 0) is 50.2 Å². The third kappa shape index (κ3) is 3.38. The summed E-state index contributed by atoms with van der Waals surface area (Å²) in [6, 6.07) is 12.1. The van der Waals surface area contributed by atoms with Crippen LogP contribution >= 0.6 is 0 Å². The minimum atomic E-state index is -0.767. The fourth-order valence-corrected chi connectivity index (χ4v) is 4.46. The van der Waals surface area contributed by atoms with Crippen LogP contribution in [0.2, 0.25) is 0 Å². The van der Waals surface area contributed by atoms with Crippen molar-refractivity contribution in [2.45, 2.75) is 33.2 Å². The zero-order valence-electron chi connectivity index (χ0n) is 15.9. The van der Waals surface area contributed by atoms with Gasteiger partial charge in [0.15, 0.2) is 0 Å². The Morgan fingerprint density at radius 1 is 1.11 bits per heavy atom. The average Bonchev–Trinajstić information content (AvgIpc) is 3.34. The van der Waals surface area contributed by atoms with E-state index >= 15 is 0 Å². The number of rotatable bonds is 5. The van der Waals surface area contributed by atoms with Gasteiger partial charge in [-0.1, -0.05) is 30.3 Å². The molecule has 0 spiro atoms. The van der Waals surface area contributed by atoms with E-state index in [-0.39, 0.29) is 11.8 Å². The number of aromatic nitrogens is 1. The number of carboxylic acid groups (broad SMARTS) is 1. The first-order chi connectivity index (χ1) is 13.0. The maximum Gasteiger partial charge on any atom is 0.308 e. The van der Waals surface area contributed by atoms with Crippen LogP contribution in [0.3, 0.4) is 0 Å². The monoisotopic (exact) mass is 366 g/mol. The number of hydrogen-bond donors (Lipinski definition) is 1. The Labute approximate surface area is 159 Å². The standard InChI is InChI=1S/C22H26N2O3/c1-14-10-18(15(2)24(14)11-16-6-4-3-5-7-16)21(25)23-12-19(17-8-9-17)20(13-23)22(26)27/h3-7,10,17,19-20H,8-9,11-13H2,1-2H3,(H,26,27)/t19-,20+/m1/s1. The number of hydrogen-bond acceptors (Lipinski definition) is 2. The molecular weight excluding hydrogens is 340 g/mol. The molecule has 142 valence electrons. The highest BCUT2D eigenvalue weighted by Crippen LogP contribution is 2.44. The second-order valence-corrected chi connectivity index (χ2v) is 8.01. The first kappa shape index (κ1) is 17.8. The van der Waals surface area contributed by atoms with Crippen LogP contribution < -0.4 is 0 Å². The smallest absolute Gasteiger partial charge is 0.308 e. The van der Waals surface area contributed by atoms with Crippen LogP contribution in [0.25, 0.3) is 0 Å². The normalized spacial score (nSPS) is 22.2. The summed E-state index contributed by atoms with van der Waals surface area (Å²) < 4.78 is 2.16. The molecule has 4 rings (SSSR count). The fraction of sp³-hybridized carbons (Fsp3) is 0.455. The molecule has 1 N–H and O–H groups in total. The Bertz CT molecular complexity index is 867. The number of carboxylic acids is 1. The Morgan fingerprint density at radius 2 is 1.81 bits per heavy atom. The van der Waals surface area contributed by atoms with Crippen molar-refractivity contribution in [2.24, 2.45) is 17.8 Å². The van der Waals surface area contributed by atoms with Crippen molar-refractivity contribution in [1.29, 1.82) is 0 Å². The number of benzene rings is 1. The van der Waals surface area contributed by atoms with E-state index in [0.29, 0.717) is 24.6 Å². The fourth-order valence-electron chi connectivity index (χ4n) is 4.46. The Morgan fingerprint density at radius 3 is 2.44 bits per heavy atom. The van der Waals surface area contributed by atoms with E-state index in [2.05, 4.69) is 16.7 Å². The van der Waals surface area contributed by atoms with Crippen molar-refractivity contribution in [3.05, 3.63) is 58.9 Å². The van der Waals surface area contributed by atoms with Gasteiger partial charge in [0, 0.05) is 31.0 Å². The van der Waals surface area contributed by atoms with Crippen molar-refractivity contribution in [3.8, 4) is 0 Å². The van der Waals surface area contributed by atoms with Gasteiger partial charge >= 0.3 is 5.97 Å². The van der Waals surface area contributed by atoms with Gasteiger partial charge in [-0.15, -0.1) is 0 Å². The van der Waals surface area contributed by atoms with Gasteiger partial charge in [0.1, 0.15) is 0 Å². The summed E-state index contributed by atoms with van der Waals surface area (Å²) in [6.07, 6.45) is 2.20. The lowest BCUT2D eigenvalue weighted by atomic mass is 9.92. The van der Waals surface area contributed by atoms with Gasteiger partial charge < -0.3 is 14.6 Å². The molecule has 1 saturated carbocycles. The molecule has 0 unspecified atom stereocenters. The van der Waals surface area contributed by atoms with E-state index in [9.17, 15) is 14.7 Å². The van der Waals surface area contributed by atoms with E-state index in [1.54, 1.807) is 4.90 Å². The van der Waals surface area contributed by atoms with E-state index in [0.717, 1.165) is 30.8 Å². The molecule has 1 aromatic heterocycles. The van der Waals surface area contributed by atoms with Crippen molar-refractivity contribution in [3.63, 3.8) is 0 Å². The Balaban J connectivity index is 1.56. The quantitative estimate of drug-likeness (QED) is 0.883. The van der Waals surface area contributed by atoms with Crippen molar-refractivity contribution < 1.29 is 14.7 Å². The van der Waals surface area contributed by atoms with E-state index in [1.807, 2.05) is 38.1 Å². The number of aryl methyl sites for hydroxylation is 1. The first-order valence-electron chi connectivity index (χ1n) is 9.68. The van der Waals surface area contributed by atoms with Gasteiger partial charge in [0.05, 0.1) is 11.5 Å². The zero-order valence-corrected chi connectivity index (χ0v) is 15.9. The van der Waals surface area contributed by atoms with Crippen LogP contribution in [0.5, 0.6) is 0 Å². The number of carbonyl (C=O) groups excluding carboxylic acids is 1. The Kier molecular flexibility index (Phi) is 4.54. The second-order valence-electron chi connectivity index (χ2n) is 8.01. The SMILES string of the molecule is Cc1cc(C(=O)N2C[C@H](C(=O)O)[C@@H](C3CC3)C2)c(C)n1Cc1ccccc1. The third-order valence-electron chi connectivity index (χ3n) is 6.18. The van der Waals surface area contributed by atoms with Crippen molar-refractivity contribution in [1.82, 2.24) is 9.47 Å². The molecule has 1 aromatic carbocycles. The molecule has 1 aliphatic carbocycles. The maximum atomic E-state index is 13.2. The molecule has 0 radical (unpaired) electrons. The van der Waals surface area contributed by atoms with Gasteiger partial charge in [0.25, 0.3) is 5.91 Å². The molecule has 5 heteroatoms. The van der Waals surface area contributed by atoms with Gasteiger partial charge in [-0.3, -0.25) is 9.59 Å². The van der Waals surface area contributed by atoms with Crippen LogP contribution in [-0.4, -0.2) is 39.5 Å². The maximum absolute atomic E-state index is 13.2. The molecule has 1 amide bonds. The number of amides is 1. The highest BCUT2D eigenvalue weighted by molar-refractivity contribution is 5.96. The van der Waals surface area contributed by atoms with E-state index in [1.165, 1.54) is 5.56 Å². The van der Waals surface area contributed by atoms with Gasteiger partial charge in [-0.2, -0.15) is 0 Å². The molecule has 2 atom stereocenters. The molecule has 1 aliphatic heterocycles. The van der Waals surface area contributed by atoms with E-state index < -0.39 is 11.9 Å². The summed E-state index contributed by atoms with van der Waals surface area (Å²) in [4.78, 5) is 26.6. The summed E-state index contributed by atoms with van der Waals surface area (Å²) in [5.74, 6) is -0.628. The lowest BCUT2D eigenvalue weighted by Gasteiger charge is -2.17. The number of aliphatic carboxylic acids is 1. The molecule has 2 fully saturated rings. The molecule has 1 saturated heterocycles. The van der Waals surface area contributed by atoms with Crippen LogP contribution in [0.4, 0.5) is 0 Å². The van der Waals surface area contributed by atoms with E-state index in [4.69, 9.17) is 0 Å². The predicted octanol–water partition coefficient (Wildman–Crippen LogP) is 3.34. The molecule has 2 aromatic rings. The predicted molar refractivity (Wildman–Crippen MR) is 103 cm³/mol. The lowest BCUT2D eigenvalue weighted by molar-refractivity contribution is -0.142. The van der Waals surface area contributed by atoms with Crippen molar-refractivity contribution in [2.75, 3.05) is 13.1 Å². The van der Waals surface area contributed by atoms with Crippen LogP contribution in [0.15, 0.2) is 36.4 Å². The van der Waals surface area contributed by atoms with Gasteiger partial charge in [0.2, 0.25) is 0 Å². The highest BCUT2D eigenvalue weighted by atomic mass is 16.4. The molecule has 2 aliphatic rings.